The van der Waals surface area contributed by atoms with Gasteiger partial charge in [0, 0.05) is 33.9 Å². The second-order valence-corrected chi connectivity index (χ2v) is 4.31. The van der Waals surface area contributed by atoms with Gasteiger partial charge in [0.15, 0.2) is 5.11 Å². The standard InChI is InChI=1S/C13H20N2OS/c1-15(11-12-7-4-3-5-8-12)13(17)14-9-6-10-16-2/h3-5,7-8H,6,9-11H2,1-2H3,(H,14,17). The molecule has 1 aromatic carbocycles. The van der Waals surface area contributed by atoms with E-state index in [1.807, 2.05) is 30.1 Å². The number of thiocarbonyl (C=S) groups is 1. The van der Waals surface area contributed by atoms with Crippen LogP contribution in [0.15, 0.2) is 30.3 Å². The Morgan fingerprint density at radius 2 is 2.06 bits per heavy atom. The van der Waals surface area contributed by atoms with Crippen LogP contribution in [0, 0.1) is 0 Å². The summed E-state index contributed by atoms with van der Waals surface area (Å²) in [6.07, 6.45) is 0.968. The van der Waals surface area contributed by atoms with Crippen LogP contribution in [0.1, 0.15) is 12.0 Å². The maximum atomic E-state index is 5.30. The van der Waals surface area contributed by atoms with E-state index < -0.39 is 0 Å². The summed E-state index contributed by atoms with van der Waals surface area (Å²) in [5.41, 5.74) is 1.26. The number of hydrogen-bond donors (Lipinski definition) is 1. The molecule has 0 saturated heterocycles. The average Bonchev–Trinajstić information content (AvgIpc) is 2.35. The monoisotopic (exact) mass is 252 g/mol. The third-order valence-corrected chi connectivity index (χ3v) is 2.87. The fraction of sp³-hybridized carbons (Fsp3) is 0.462. The molecule has 0 spiro atoms. The van der Waals surface area contributed by atoms with Crippen molar-refractivity contribution >= 4 is 17.3 Å². The van der Waals surface area contributed by atoms with Gasteiger partial charge in [0.1, 0.15) is 0 Å². The second-order valence-electron chi connectivity index (χ2n) is 3.92. The van der Waals surface area contributed by atoms with Gasteiger partial charge in [-0.1, -0.05) is 30.3 Å². The predicted molar refractivity (Wildman–Crippen MR) is 75.0 cm³/mol. The zero-order valence-corrected chi connectivity index (χ0v) is 11.3. The highest BCUT2D eigenvalue weighted by molar-refractivity contribution is 7.80. The van der Waals surface area contributed by atoms with Gasteiger partial charge in [0.2, 0.25) is 0 Å². The lowest BCUT2D eigenvalue weighted by Crippen LogP contribution is -2.37. The minimum Gasteiger partial charge on any atom is -0.385 e. The summed E-state index contributed by atoms with van der Waals surface area (Å²) >= 11 is 5.30. The largest absolute Gasteiger partial charge is 0.385 e. The van der Waals surface area contributed by atoms with Gasteiger partial charge in [0.25, 0.3) is 0 Å². The van der Waals surface area contributed by atoms with Crippen LogP contribution in [-0.2, 0) is 11.3 Å². The molecule has 0 aromatic heterocycles. The first-order chi connectivity index (χ1) is 8.24. The zero-order chi connectivity index (χ0) is 12.5. The van der Waals surface area contributed by atoms with E-state index in [1.54, 1.807) is 7.11 Å². The molecule has 0 fully saturated rings. The average molecular weight is 252 g/mol. The Bertz CT molecular complexity index is 329. The second kappa shape index (κ2) is 8.03. The summed E-state index contributed by atoms with van der Waals surface area (Å²) < 4.78 is 4.98. The molecule has 0 unspecified atom stereocenters. The Morgan fingerprint density at radius 3 is 2.71 bits per heavy atom. The SMILES string of the molecule is COCCCNC(=S)N(C)Cc1ccccc1. The van der Waals surface area contributed by atoms with Crippen molar-refractivity contribution in [2.45, 2.75) is 13.0 Å². The maximum Gasteiger partial charge on any atom is 0.168 e. The molecule has 0 heterocycles. The van der Waals surface area contributed by atoms with Crippen molar-refractivity contribution in [3.05, 3.63) is 35.9 Å². The van der Waals surface area contributed by atoms with Gasteiger partial charge in [-0.3, -0.25) is 0 Å². The van der Waals surface area contributed by atoms with E-state index in [0.717, 1.165) is 31.2 Å². The molecule has 0 bridgehead atoms. The molecule has 0 saturated carbocycles. The minimum absolute atomic E-state index is 0.762. The molecule has 17 heavy (non-hydrogen) atoms. The lowest BCUT2D eigenvalue weighted by atomic mass is 10.2. The Morgan fingerprint density at radius 1 is 1.35 bits per heavy atom. The number of rotatable bonds is 6. The smallest absolute Gasteiger partial charge is 0.168 e. The molecular formula is C13H20N2OS. The quantitative estimate of drug-likeness (QED) is 0.618. The molecule has 0 amide bonds. The molecule has 1 aromatic rings. The number of nitrogens with zero attached hydrogens (tertiary/aromatic N) is 1. The number of benzene rings is 1. The van der Waals surface area contributed by atoms with Gasteiger partial charge in [0.05, 0.1) is 0 Å². The molecule has 0 aliphatic rings. The molecule has 1 N–H and O–H groups in total. The van der Waals surface area contributed by atoms with Crippen molar-refractivity contribution < 1.29 is 4.74 Å². The number of hydrogen-bond acceptors (Lipinski definition) is 2. The fourth-order valence-corrected chi connectivity index (χ4v) is 1.64. The van der Waals surface area contributed by atoms with Gasteiger partial charge in [-0.05, 0) is 24.2 Å². The Balaban J connectivity index is 2.27. The van der Waals surface area contributed by atoms with E-state index >= 15 is 0 Å². The van der Waals surface area contributed by atoms with Crippen LogP contribution in [0.4, 0.5) is 0 Å². The minimum atomic E-state index is 0.762. The van der Waals surface area contributed by atoms with Crippen molar-refractivity contribution in [2.75, 3.05) is 27.3 Å². The van der Waals surface area contributed by atoms with E-state index in [2.05, 4.69) is 17.4 Å². The van der Waals surface area contributed by atoms with E-state index in [9.17, 15) is 0 Å². The van der Waals surface area contributed by atoms with Crippen LogP contribution in [0.25, 0.3) is 0 Å². The molecular weight excluding hydrogens is 232 g/mol. The summed E-state index contributed by atoms with van der Waals surface area (Å²) in [6.45, 7) is 2.45. The van der Waals surface area contributed by atoms with E-state index in [1.165, 1.54) is 5.56 Å². The third kappa shape index (κ3) is 5.65. The predicted octanol–water partition coefficient (Wildman–Crippen LogP) is 2.03. The lowest BCUT2D eigenvalue weighted by molar-refractivity contribution is 0.195. The Kier molecular flexibility index (Phi) is 6.58. The summed E-state index contributed by atoms with van der Waals surface area (Å²) in [7, 11) is 3.71. The first-order valence-electron chi connectivity index (χ1n) is 5.76. The summed E-state index contributed by atoms with van der Waals surface area (Å²) in [4.78, 5) is 2.04. The molecule has 0 atom stereocenters. The number of ether oxygens (including phenoxy) is 1. The van der Waals surface area contributed by atoms with Crippen LogP contribution in [0.2, 0.25) is 0 Å². The Hall–Kier alpha value is -1.13. The highest BCUT2D eigenvalue weighted by Gasteiger charge is 2.03. The number of nitrogens with one attached hydrogen (secondary N) is 1. The highest BCUT2D eigenvalue weighted by atomic mass is 32.1. The van der Waals surface area contributed by atoms with Crippen molar-refractivity contribution in [3.8, 4) is 0 Å². The van der Waals surface area contributed by atoms with Crippen LogP contribution in [-0.4, -0.2) is 37.3 Å². The van der Waals surface area contributed by atoms with Gasteiger partial charge >= 0.3 is 0 Å². The molecule has 3 nitrogen and oxygen atoms in total. The van der Waals surface area contributed by atoms with Crippen LogP contribution >= 0.6 is 12.2 Å². The third-order valence-electron chi connectivity index (χ3n) is 2.41. The molecule has 0 radical (unpaired) electrons. The molecule has 94 valence electrons. The van der Waals surface area contributed by atoms with Gasteiger partial charge in [-0.15, -0.1) is 0 Å². The lowest BCUT2D eigenvalue weighted by Gasteiger charge is -2.21. The highest BCUT2D eigenvalue weighted by Crippen LogP contribution is 2.02. The number of methoxy groups -OCH3 is 1. The van der Waals surface area contributed by atoms with Crippen LogP contribution < -0.4 is 5.32 Å². The van der Waals surface area contributed by atoms with Crippen molar-refractivity contribution in [1.29, 1.82) is 0 Å². The first kappa shape index (κ1) is 13.9. The van der Waals surface area contributed by atoms with Crippen LogP contribution in [0.5, 0.6) is 0 Å². The normalized spacial score (nSPS) is 10.0. The fourth-order valence-electron chi connectivity index (χ4n) is 1.48. The molecule has 1 rings (SSSR count). The topological polar surface area (TPSA) is 24.5 Å². The molecule has 0 aliphatic heterocycles. The zero-order valence-electron chi connectivity index (χ0n) is 10.5. The summed E-state index contributed by atoms with van der Waals surface area (Å²) in [5, 5.41) is 4.00. The molecule has 0 aliphatic carbocycles. The summed E-state index contributed by atoms with van der Waals surface area (Å²) in [5.74, 6) is 0. The van der Waals surface area contributed by atoms with E-state index in [4.69, 9.17) is 17.0 Å². The maximum absolute atomic E-state index is 5.30. The van der Waals surface area contributed by atoms with Crippen molar-refractivity contribution in [1.82, 2.24) is 10.2 Å². The summed E-state index contributed by atoms with van der Waals surface area (Å²) in [6, 6.07) is 10.3. The molecule has 4 heteroatoms. The van der Waals surface area contributed by atoms with E-state index in [0.29, 0.717) is 0 Å². The van der Waals surface area contributed by atoms with Crippen LogP contribution in [0.3, 0.4) is 0 Å². The van der Waals surface area contributed by atoms with Crippen molar-refractivity contribution in [3.63, 3.8) is 0 Å². The van der Waals surface area contributed by atoms with Gasteiger partial charge in [-0.2, -0.15) is 0 Å². The Labute approximate surface area is 109 Å². The van der Waals surface area contributed by atoms with Gasteiger partial charge in [-0.25, -0.2) is 0 Å². The van der Waals surface area contributed by atoms with Gasteiger partial charge < -0.3 is 15.0 Å². The van der Waals surface area contributed by atoms with E-state index in [-0.39, 0.29) is 0 Å². The first-order valence-corrected chi connectivity index (χ1v) is 6.16. The van der Waals surface area contributed by atoms with Crippen molar-refractivity contribution in [2.24, 2.45) is 0 Å².